The summed E-state index contributed by atoms with van der Waals surface area (Å²) in [7, 11) is 0. The van der Waals surface area contributed by atoms with Crippen LogP contribution in [0.2, 0.25) is 0 Å². The van der Waals surface area contributed by atoms with Crippen LogP contribution in [-0.4, -0.2) is 5.75 Å². The second-order valence-corrected chi connectivity index (χ2v) is 4.73. The Bertz CT molecular complexity index is 442. The minimum absolute atomic E-state index is 0.801. The van der Waals surface area contributed by atoms with E-state index in [4.69, 9.17) is 0 Å². The minimum Gasteiger partial charge on any atom is -0.175 e. The van der Waals surface area contributed by atoms with Crippen molar-refractivity contribution in [2.75, 3.05) is 5.75 Å². The van der Waals surface area contributed by atoms with Gasteiger partial charge in [0.25, 0.3) is 0 Å². The minimum atomic E-state index is 0.801. The first kappa shape index (κ1) is 13.0. The molecule has 0 saturated carbocycles. The highest BCUT2D eigenvalue weighted by Gasteiger charge is 2.01. The quantitative estimate of drug-likeness (QED) is 0.596. The van der Waals surface area contributed by atoms with E-state index in [1.165, 1.54) is 16.7 Å². The van der Waals surface area contributed by atoms with Crippen molar-refractivity contribution in [2.24, 2.45) is 0 Å². The molecule has 0 unspecified atom stereocenters. The molecule has 0 N–H and O–H groups in total. The zero-order valence-corrected chi connectivity index (χ0v) is 11.3. The van der Waals surface area contributed by atoms with Crippen LogP contribution in [0.25, 0.3) is 0 Å². The first-order valence-corrected chi connectivity index (χ1v) is 6.88. The Kier molecular flexibility index (Phi) is 5.10. The number of rotatable bonds is 5. The second-order valence-electron chi connectivity index (χ2n) is 4.37. The van der Waals surface area contributed by atoms with Gasteiger partial charge in [-0.05, 0) is 24.0 Å². The van der Waals surface area contributed by atoms with E-state index < -0.39 is 0 Å². The molecule has 1 heteroatoms. The third kappa shape index (κ3) is 4.08. The van der Waals surface area contributed by atoms with E-state index >= 15 is 0 Å². The van der Waals surface area contributed by atoms with Gasteiger partial charge in [0.2, 0.25) is 0 Å². The normalized spacial score (nSPS) is 10.1. The van der Waals surface area contributed by atoms with E-state index in [0.29, 0.717) is 0 Å². The average Bonchev–Trinajstić information content (AvgIpc) is 2.41. The summed E-state index contributed by atoms with van der Waals surface area (Å²) in [6.45, 7) is 0. The molecule has 18 heavy (non-hydrogen) atoms. The monoisotopic (exact) mass is 254 g/mol. The largest absolute Gasteiger partial charge is 0.175 e. The summed E-state index contributed by atoms with van der Waals surface area (Å²) < 4.78 is 0. The van der Waals surface area contributed by atoms with Crippen LogP contribution < -0.4 is 0 Å². The van der Waals surface area contributed by atoms with Gasteiger partial charge >= 0.3 is 0 Å². The first-order chi connectivity index (χ1) is 8.88. The fourth-order valence-corrected chi connectivity index (χ4v) is 2.31. The molecule has 0 radical (unpaired) electrons. The van der Waals surface area contributed by atoms with Crippen molar-refractivity contribution in [1.29, 1.82) is 0 Å². The van der Waals surface area contributed by atoms with Crippen molar-refractivity contribution < 1.29 is 0 Å². The maximum Gasteiger partial charge on any atom is 0.00854 e. The highest BCUT2D eigenvalue weighted by molar-refractivity contribution is 7.80. The van der Waals surface area contributed by atoms with Crippen molar-refractivity contribution in [1.82, 2.24) is 0 Å². The summed E-state index contributed by atoms with van der Waals surface area (Å²) in [5.41, 5.74) is 4.16. The molecule has 0 amide bonds. The maximum absolute atomic E-state index is 4.32. The smallest absolute Gasteiger partial charge is 0.00854 e. The fraction of sp³-hybridized carbons (Fsp3) is 0.176. The molecule has 0 heterocycles. The Morgan fingerprint density at radius 2 is 1.22 bits per heavy atom. The molecule has 2 aromatic carbocycles. The first-order valence-electron chi connectivity index (χ1n) is 6.25. The summed E-state index contributed by atoms with van der Waals surface area (Å²) in [5, 5.41) is 0. The highest BCUT2D eigenvalue weighted by Crippen LogP contribution is 2.14. The van der Waals surface area contributed by atoms with Gasteiger partial charge in [-0.25, -0.2) is 0 Å². The Hall–Kier alpha value is -1.47. The van der Waals surface area contributed by atoms with Gasteiger partial charge in [0.1, 0.15) is 0 Å². The molecule has 0 aliphatic carbocycles. The molecule has 0 atom stereocenters. The fourth-order valence-electron chi connectivity index (χ4n) is 2.05. The molecule has 0 bridgehead atoms. The van der Waals surface area contributed by atoms with Gasteiger partial charge in [-0.3, -0.25) is 0 Å². The molecule has 0 fully saturated rings. The molecule has 0 aromatic heterocycles. The maximum atomic E-state index is 4.32. The lowest BCUT2D eigenvalue weighted by molar-refractivity contribution is 1.03. The highest BCUT2D eigenvalue weighted by atomic mass is 32.1. The van der Waals surface area contributed by atoms with Gasteiger partial charge in [0.05, 0.1) is 0 Å². The van der Waals surface area contributed by atoms with Gasteiger partial charge in [-0.2, -0.15) is 12.6 Å². The van der Waals surface area contributed by atoms with E-state index in [9.17, 15) is 0 Å². The summed E-state index contributed by atoms with van der Waals surface area (Å²) in [6.07, 6.45) is 4.25. The standard InChI is InChI=1S/C17H18S/c18-12-11-17(13-15-7-3-1-4-8-15)14-16-9-5-2-6-10-16/h1-11,18H,12-14H2. The van der Waals surface area contributed by atoms with Crippen LogP contribution >= 0.6 is 12.6 Å². The lowest BCUT2D eigenvalue weighted by atomic mass is 9.98. The molecule has 2 aromatic rings. The van der Waals surface area contributed by atoms with Crippen LogP contribution in [0.1, 0.15) is 11.1 Å². The van der Waals surface area contributed by atoms with E-state index in [1.807, 2.05) is 0 Å². The molecule has 2 rings (SSSR count). The molecule has 0 spiro atoms. The average molecular weight is 254 g/mol. The van der Waals surface area contributed by atoms with Crippen molar-refractivity contribution in [2.45, 2.75) is 12.8 Å². The van der Waals surface area contributed by atoms with Crippen molar-refractivity contribution in [3.05, 3.63) is 83.4 Å². The molecule has 0 aliphatic heterocycles. The Labute approximate surface area is 115 Å². The van der Waals surface area contributed by atoms with Gasteiger partial charge in [-0.1, -0.05) is 72.3 Å². The Morgan fingerprint density at radius 3 is 1.61 bits per heavy atom. The summed E-state index contributed by atoms with van der Waals surface area (Å²) in [4.78, 5) is 0. The van der Waals surface area contributed by atoms with Crippen molar-refractivity contribution in [3.63, 3.8) is 0 Å². The summed E-state index contributed by atoms with van der Waals surface area (Å²) >= 11 is 4.32. The van der Waals surface area contributed by atoms with Crippen LogP contribution in [0.5, 0.6) is 0 Å². The molecular weight excluding hydrogens is 236 g/mol. The number of benzene rings is 2. The lowest BCUT2D eigenvalue weighted by Gasteiger charge is -2.08. The second kappa shape index (κ2) is 7.07. The lowest BCUT2D eigenvalue weighted by Crippen LogP contribution is -1.96. The Morgan fingerprint density at radius 1 is 0.778 bits per heavy atom. The van der Waals surface area contributed by atoms with E-state index in [2.05, 4.69) is 79.4 Å². The van der Waals surface area contributed by atoms with Gasteiger partial charge in [0, 0.05) is 5.75 Å². The predicted octanol–water partition coefficient (Wildman–Crippen LogP) is 4.33. The van der Waals surface area contributed by atoms with E-state index in [0.717, 1.165) is 18.6 Å². The van der Waals surface area contributed by atoms with Gasteiger partial charge in [0.15, 0.2) is 0 Å². The number of allylic oxidation sites excluding steroid dienone is 1. The van der Waals surface area contributed by atoms with Crippen molar-refractivity contribution in [3.8, 4) is 0 Å². The van der Waals surface area contributed by atoms with E-state index in [1.54, 1.807) is 0 Å². The number of hydrogen-bond acceptors (Lipinski definition) is 1. The van der Waals surface area contributed by atoms with Crippen molar-refractivity contribution >= 4 is 12.6 Å². The van der Waals surface area contributed by atoms with E-state index in [-0.39, 0.29) is 0 Å². The molecular formula is C17H18S. The van der Waals surface area contributed by atoms with Crippen LogP contribution in [0.4, 0.5) is 0 Å². The zero-order chi connectivity index (χ0) is 12.6. The third-order valence-corrected chi connectivity index (χ3v) is 3.11. The van der Waals surface area contributed by atoms with Crippen LogP contribution in [0, 0.1) is 0 Å². The predicted molar refractivity (Wildman–Crippen MR) is 82.2 cm³/mol. The van der Waals surface area contributed by atoms with Gasteiger partial charge < -0.3 is 0 Å². The Balaban J connectivity index is 2.08. The van der Waals surface area contributed by atoms with Crippen LogP contribution in [0.3, 0.4) is 0 Å². The molecule has 0 saturated heterocycles. The van der Waals surface area contributed by atoms with Gasteiger partial charge in [-0.15, -0.1) is 0 Å². The molecule has 0 nitrogen and oxygen atoms in total. The topological polar surface area (TPSA) is 0 Å². The number of thiol groups is 1. The van der Waals surface area contributed by atoms with Crippen LogP contribution in [0.15, 0.2) is 72.3 Å². The molecule has 92 valence electrons. The zero-order valence-electron chi connectivity index (χ0n) is 10.4. The SMILES string of the molecule is SCC=C(Cc1ccccc1)Cc1ccccc1. The van der Waals surface area contributed by atoms with Crippen LogP contribution in [-0.2, 0) is 12.8 Å². The summed E-state index contributed by atoms with van der Waals surface area (Å²) in [6, 6.07) is 21.2. The summed E-state index contributed by atoms with van der Waals surface area (Å²) in [5.74, 6) is 0.801. The molecule has 0 aliphatic rings. The number of hydrogen-bond donors (Lipinski definition) is 1. The third-order valence-electron chi connectivity index (χ3n) is 2.93.